The van der Waals surface area contributed by atoms with Crippen LogP contribution in [0.15, 0.2) is 59.9 Å². The van der Waals surface area contributed by atoms with Crippen LogP contribution in [0, 0.1) is 5.92 Å². The van der Waals surface area contributed by atoms with Gasteiger partial charge in [0, 0.05) is 13.6 Å². The first-order valence-electron chi connectivity index (χ1n) is 8.43. The number of carbonyl (C=O) groups is 2. The van der Waals surface area contributed by atoms with Gasteiger partial charge < -0.3 is 14.7 Å². The first kappa shape index (κ1) is 25.2. The van der Waals surface area contributed by atoms with E-state index in [0.717, 1.165) is 17.7 Å². The first-order valence-corrected chi connectivity index (χ1v) is 8.43. The van der Waals surface area contributed by atoms with Crippen LogP contribution in [0.2, 0.25) is 0 Å². The number of aliphatic carboxylic acids is 1. The zero-order valence-corrected chi connectivity index (χ0v) is 16.4. The van der Waals surface area contributed by atoms with E-state index in [2.05, 4.69) is 6.58 Å². The molecule has 0 saturated heterocycles. The van der Waals surface area contributed by atoms with E-state index in [4.69, 9.17) is 9.84 Å². The molecule has 1 amide bonds. The molecular weight excluding hydrogens is 375 g/mol. The van der Waals surface area contributed by atoms with Crippen LogP contribution in [0.5, 0.6) is 0 Å². The summed E-state index contributed by atoms with van der Waals surface area (Å²) < 4.78 is 43.1. The van der Waals surface area contributed by atoms with Crippen molar-refractivity contribution in [3.63, 3.8) is 0 Å². The van der Waals surface area contributed by atoms with Crippen molar-refractivity contribution in [3.05, 3.63) is 59.9 Å². The highest BCUT2D eigenvalue weighted by atomic mass is 19.4. The quantitative estimate of drug-likeness (QED) is 0.439. The van der Waals surface area contributed by atoms with Crippen LogP contribution in [0.3, 0.4) is 0 Å². The Bertz CT molecular complexity index is 688. The van der Waals surface area contributed by atoms with Crippen LogP contribution >= 0.6 is 0 Å². The number of nitrogens with zero attached hydrogens (tertiary/aromatic N) is 1. The largest absolute Gasteiger partial charge is 0.482 e. The van der Waals surface area contributed by atoms with Crippen molar-refractivity contribution in [3.8, 4) is 0 Å². The number of hydrogen-bond donors (Lipinski definition) is 1. The minimum atomic E-state index is -4.46. The second kappa shape index (κ2) is 11.8. The van der Waals surface area contributed by atoms with Crippen molar-refractivity contribution in [2.24, 2.45) is 5.92 Å². The van der Waals surface area contributed by atoms with E-state index in [1.165, 1.54) is 37.0 Å². The predicted molar refractivity (Wildman–Crippen MR) is 101 cm³/mol. The molecule has 156 valence electrons. The Kier molecular flexibility index (Phi) is 10.7. The zero-order chi connectivity index (χ0) is 21.9. The highest BCUT2D eigenvalue weighted by Gasteiger charge is 2.31. The molecule has 1 N–H and O–H groups in total. The summed E-state index contributed by atoms with van der Waals surface area (Å²) >= 11 is 0. The molecule has 28 heavy (non-hydrogen) atoms. The Balaban J connectivity index is 4.95. The maximum Gasteiger partial charge on any atom is 0.416 e. The normalized spacial score (nSPS) is 14.8. The molecule has 5 nitrogen and oxygen atoms in total. The Morgan fingerprint density at radius 1 is 1.29 bits per heavy atom. The number of carboxylic acids is 1. The molecule has 1 atom stereocenters. The third-order valence-corrected chi connectivity index (χ3v) is 3.55. The molecule has 0 aliphatic rings. The first-order chi connectivity index (χ1) is 12.9. The van der Waals surface area contributed by atoms with Crippen molar-refractivity contribution in [1.29, 1.82) is 0 Å². The average molecular weight is 401 g/mol. The van der Waals surface area contributed by atoms with Crippen molar-refractivity contribution >= 4 is 11.9 Å². The number of hydrogen-bond acceptors (Lipinski definition) is 3. The van der Waals surface area contributed by atoms with Gasteiger partial charge in [0.05, 0.1) is 11.5 Å². The molecule has 1 unspecified atom stereocenters. The molecule has 0 bridgehead atoms. The summed E-state index contributed by atoms with van der Waals surface area (Å²) in [6.45, 7) is 7.81. The fourth-order valence-electron chi connectivity index (χ4n) is 2.08. The van der Waals surface area contributed by atoms with E-state index < -0.39 is 30.2 Å². The molecule has 0 aromatic carbocycles. The Labute approximate surface area is 163 Å². The third kappa shape index (κ3) is 9.80. The molecular formula is C20H26F3NO4. The lowest BCUT2D eigenvalue weighted by Gasteiger charge is -2.20. The van der Waals surface area contributed by atoms with Gasteiger partial charge in [-0.25, -0.2) is 4.79 Å². The van der Waals surface area contributed by atoms with Crippen molar-refractivity contribution in [1.82, 2.24) is 4.90 Å². The van der Waals surface area contributed by atoms with Gasteiger partial charge in [0.15, 0.2) is 6.61 Å². The second-order valence-electron chi connectivity index (χ2n) is 6.05. The summed E-state index contributed by atoms with van der Waals surface area (Å²) in [5.74, 6) is -1.92. The van der Waals surface area contributed by atoms with Crippen LogP contribution in [0.1, 0.15) is 20.8 Å². The Hall–Kier alpha value is -2.77. The maximum absolute atomic E-state index is 12.7. The summed E-state index contributed by atoms with van der Waals surface area (Å²) in [6.07, 6.45) is 3.12. The smallest absolute Gasteiger partial charge is 0.416 e. The monoisotopic (exact) mass is 401 g/mol. The van der Waals surface area contributed by atoms with Crippen molar-refractivity contribution in [2.75, 3.05) is 20.2 Å². The highest BCUT2D eigenvalue weighted by molar-refractivity contribution is 5.80. The number of amides is 1. The van der Waals surface area contributed by atoms with Crippen LogP contribution in [0.4, 0.5) is 13.2 Å². The summed E-state index contributed by atoms with van der Waals surface area (Å²) in [7, 11) is 1.55. The Morgan fingerprint density at radius 2 is 1.89 bits per heavy atom. The molecule has 0 aliphatic heterocycles. The SMILES string of the molecule is C=C/C(=C\C=C(/C)CN(C)C(=O)C(C)/C=C\C(=C/C)C(F)(F)F)OCC(=O)O. The molecule has 0 saturated carbocycles. The second-order valence-corrected chi connectivity index (χ2v) is 6.05. The molecule has 0 heterocycles. The minimum Gasteiger partial charge on any atom is -0.482 e. The van der Waals surface area contributed by atoms with Crippen molar-refractivity contribution < 1.29 is 32.6 Å². The topological polar surface area (TPSA) is 66.8 Å². The molecule has 0 aliphatic carbocycles. The van der Waals surface area contributed by atoms with Gasteiger partial charge in [-0.1, -0.05) is 43.4 Å². The van der Waals surface area contributed by atoms with E-state index in [9.17, 15) is 22.8 Å². The molecule has 0 aromatic heterocycles. The van der Waals surface area contributed by atoms with Crippen LogP contribution < -0.4 is 0 Å². The van der Waals surface area contributed by atoms with Crippen molar-refractivity contribution in [2.45, 2.75) is 26.9 Å². The van der Waals surface area contributed by atoms with E-state index in [0.29, 0.717) is 0 Å². The van der Waals surface area contributed by atoms with Gasteiger partial charge in [-0.2, -0.15) is 13.2 Å². The summed E-state index contributed by atoms with van der Waals surface area (Å²) in [5, 5.41) is 8.59. The lowest BCUT2D eigenvalue weighted by Crippen LogP contribution is -2.32. The van der Waals surface area contributed by atoms with E-state index in [1.54, 1.807) is 20.0 Å². The number of carboxylic acid groups (broad SMARTS) is 1. The number of rotatable bonds is 10. The lowest BCUT2D eigenvalue weighted by molar-refractivity contribution is -0.140. The lowest BCUT2D eigenvalue weighted by atomic mass is 10.1. The van der Waals surface area contributed by atoms with Crippen LogP contribution in [-0.4, -0.2) is 48.3 Å². The summed E-state index contributed by atoms with van der Waals surface area (Å²) in [6, 6.07) is 0. The third-order valence-electron chi connectivity index (χ3n) is 3.55. The standard InChI is InChI=1S/C20H26F3NO4/c1-6-16(20(21,22)23)10-9-15(4)19(27)24(5)12-14(3)8-11-17(7-2)28-13-18(25)26/h6-11,15H,2,12-13H2,1,3-5H3,(H,25,26)/b10-9-,14-8+,16-6+,17-11+. The van der Waals surface area contributed by atoms with Gasteiger partial charge in [-0.3, -0.25) is 4.79 Å². The van der Waals surface area contributed by atoms with E-state index >= 15 is 0 Å². The van der Waals surface area contributed by atoms with E-state index in [-0.39, 0.29) is 18.2 Å². The van der Waals surface area contributed by atoms with Gasteiger partial charge in [-0.05, 0) is 26.0 Å². The summed E-state index contributed by atoms with van der Waals surface area (Å²) in [5.41, 5.74) is -0.0518. The number of halogens is 3. The molecule has 0 fully saturated rings. The molecule has 0 radical (unpaired) electrons. The van der Waals surface area contributed by atoms with Gasteiger partial charge in [0.1, 0.15) is 5.76 Å². The minimum absolute atomic E-state index is 0.243. The number of carbonyl (C=O) groups excluding carboxylic acids is 1. The van der Waals surface area contributed by atoms with Gasteiger partial charge >= 0.3 is 12.1 Å². The number of ether oxygens (including phenoxy) is 1. The number of likely N-dealkylation sites (N-methyl/N-ethyl adjacent to an activating group) is 1. The molecule has 8 heteroatoms. The predicted octanol–water partition coefficient (Wildman–Crippen LogP) is 4.26. The summed E-state index contributed by atoms with van der Waals surface area (Å²) in [4.78, 5) is 24.2. The molecule has 0 aromatic rings. The zero-order valence-electron chi connectivity index (χ0n) is 16.4. The highest BCUT2D eigenvalue weighted by Crippen LogP contribution is 2.26. The fraction of sp³-hybridized carbons (Fsp3) is 0.400. The van der Waals surface area contributed by atoms with Crippen LogP contribution in [-0.2, 0) is 14.3 Å². The molecule has 0 spiro atoms. The maximum atomic E-state index is 12.7. The van der Waals surface area contributed by atoms with E-state index in [1.807, 2.05) is 0 Å². The average Bonchev–Trinajstić information content (AvgIpc) is 2.59. The fourth-order valence-corrected chi connectivity index (χ4v) is 2.08. The Morgan fingerprint density at radius 3 is 2.36 bits per heavy atom. The van der Waals surface area contributed by atoms with Crippen LogP contribution in [0.25, 0.3) is 0 Å². The number of alkyl halides is 3. The van der Waals surface area contributed by atoms with Gasteiger partial charge in [0.2, 0.25) is 5.91 Å². The van der Waals surface area contributed by atoms with Gasteiger partial charge in [0.25, 0.3) is 0 Å². The van der Waals surface area contributed by atoms with Gasteiger partial charge in [-0.15, -0.1) is 0 Å². The number of allylic oxidation sites excluding steroid dienone is 6. The molecule has 0 rings (SSSR count).